The number of carbonyl (C=O) groups is 1. The predicted molar refractivity (Wildman–Crippen MR) is 139 cm³/mol. The SMILES string of the molecule is CC(C)(C)OC(=O)N(CCOc1ccc(N)cc1)CC(O[Si](C)(C)C(C)(C)C)c1cccnc1. The van der Waals surface area contributed by atoms with Crippen molar-refractivity contribution in [1.29, 1.82) is 0 Å². The highest BCUT2D eigenvalue weighted by Gasteiger charge is 2.40. The number of hydrogen-bond acceptors (Lipinski definition) is 6. The van der Waals surface area contributed by atoms with Crippen molar-refractivity contribution in [2.24, 2.45) is 0 Å². The standard InChI is InChI=1S/C26H41N3O4Si/c1-25(2,3)32-24(30)29(16-17-31-22-13-11-21(27)12-14-22)19-23(20-10-9-15-28-18-20)33-34(7,8)26(4,5)6/h9-15,18,23H,16-17,19,27H2,1-8H3. The van der Waals surface area contributed by atoms with Crippen LogP contribution >= 0.6 is 0 Å². The summed E-state index contributed by atoms with van der Waals surface area (Å²) in [6.45, 7) is 17.6. The molecule has 1 aromatic heterocycles. The van der Waals surface area contributed by atoms with Gasteiger partial charge in [-0.05, 0) is 74.8 Å². The van der Waals surface area contributed by atoms with Gasteiger partial charge >= 0.3 is 6.09 Å². The fraction of sp³-hybridized carbons (Fsp3) is 0.538. The first-order valence-corrected chi connectivity index (χ1v) is 14.6. The van der Waals surface area contributed by atoms with E-state index in [9.17, 15) is 4.79 Å². The zero-order valence-electron chi connectivity index (χ0n) is 21.9. The molecule has 2 aromatic rings. The number of nitrogens with zero attached hydrogens (tertiary/aromatic N) is 2. The molecule has 1 amide bonds. The van der Waals surface area contributed by atoms with Crippen molar-refractivity contribution in [2.75, 3.05) is 25.4 Å². The van der Waals surface area contributed by atoms with Crippen LogP contribution in [-0.2, 0) is 9.16 Å². The number of anilines is 1. The van der Waals surface area contributed by atoms with E-state index in [4.69, 9.17) is 19.6 Å². The largest absolute Gasteiger partial charge is 0.492 e. The highest BCUT2D eigenvalue weighted by atomic mass is 28.4. The molecule has 8 heteroatoms. The third kappa shape index (κ3) is 8.65. The molecule has 1 atom stereocenters. The van der Waals surface area contributed by atoms with Crippen LogP contribution in [0, 0.1) is 0 Å². The molecule has 0 bridgehead atoms. The topological polar surface area (TPSA) is 86.9 Å². The third-order valence-corrected chi connectivity index (χ3v) is 10.3. The molecular formula is C26H41N3O4Si. The van der Waals surface area contributed by atoms with Crippen LogP contribution in [0.15, 0.2) is 48.8 Å². The van der Waals surface area contributed by atoms with Gasteiger partial charge in [-0.1, -0.05) is 26.8 Å². The third-order valence-electron chi connectivity index (χ3n) is 5.85. The second-order valence-electron chi connectivity index (χ2n) is 11.0. The summed E-state index contributed by atoms with van der Waals surface area (Å²) in [6, 6.07) is 11.1. The Kier molecular flexibility index (Phi) is 9.13. The number of ether oxygens (including phenoxy) is 2. The summed E-state index contributed by atoms with van der Waals surface area (Å²) in [5, 5.41) is 0.0163. The molecule has 2 rings (SSSR count). The quantitative estimate of drug-likeness (QED) is 0.343. The zero-order valence-corrected chi connectivity index (χ0v) is 22.9. The number of hydrogen-bond donors (Lipinski definition) is 1. The van der Waals surface area contributed by atoms with Gasteiger partial charge in [0.1, 0.15) is 18.0 Å². The van der Waals surface area contributed by atoms with Gasteiger partial charge in [0, 0.05) is 18.1 Å². The Bertz CT molecular complexity index is 906. The van der Waals surface area contributed by atoms with Crippen molar-refractivity contribution in [3.05, 3.63) is 54.4 Å². The first kappa shape index (κ1) is 27.7. The maximum Gasteiger partial charge on any atom is 0.410 e. The number of pyridine rings is 1. The summed E-state index contributed by atoms with van der Waals surface area (Å²) in [7, 11) is -2.14. The van der Waals surface area contributed by atoms with Crippen LogP contribution < -0.4 is 10.5 Å². The predicted octanol–water partition coefficient (Wildman–Crippen LogP) is 6.04. The molecular weight excluding hydrogens is 446 g/mol. The lowest BCUT2D eigenvalue weighted by Gasteiger charge is -2.40. The Morgan fingerprint density at radius 1 is 1.09 bits per heavy atom. The zero-order chi connectivity index (χ0) is 25.6. The van der Waals surface area contributed by atoms with E-state index in [-0.39, 0.29) is 11.1 Å². The van der Waals surface area contributed by atoms with Crippen LogP contribution in [0.25, 0.3) is 0 Å². The summed E-state index contributed by atoms with van der Waals surface area (Å²) in [5.74, 6) is 0.694. The number of benzene rings is 1. The minimum atomic E-state index is -2.14. The highest BCUT2D eigenvalue weighted by Crippen LogP contribution is 2.40. The average Bonchev–Trinajstić information content (AvgIpc) is 2.72. The van der Waals surface area contributed by atoms with E-state index >= 15 is 0 Å². The van der Waals surface area contributed by atoms with Gasteiger partial charge in [0.2, 0.25) is 0 Å². The normalized spacial score (nSPS) is 13.3. The fourth-order valence-corrected chi connectivity index (χ4v) is 4.21. The van der Waals surface area contributed by atoms with Crippen molar-refractivity contribution in [3.8, 4) is 5.75 Å². The second-order valence-corrected chi connectivity index (χ2v) is 15.8. The van der Waals surface area contributed by atoms with Crippen LogP contribution in [0.4, 0.5) is 10.5 Å². The first-order valence-electron chi connectivity index (χ1n) is 11.7. The number of rotatable bonds is 9. The molecule has 34 heavy (non-hydrogen) atoms. The van der Waals surface area contributed by atoms with Crippen molar-refractivity contribution in [2.45, 2.75) is 71.4 Å². The Hall–Kier alpha value is -2.58. The minimum Gasteiger partial charge on any atom is -0.492 e. The van der Waals surface area contributed by atoms with E-state index in [1.807, 2.05) is 45.0 Å². The summed E-state index contributed by atoms with van der Waals surface area (Å²) in [6.07, 6.45) is 2.80. The molecule has 188 valence electrons. The smallest absolute Gasteiger partial charge is 0.410 e. The summed E-state index contributed by atoms with van der Waals surface area (Å²) in [5.41, 5.74) is 6.74. The van der Waals surface area contributed by atoms with E-state index in [0.717, 1.165) is 5.56 Å². The Balaban J connectivity index is 2.25. The lowest BCUT2D eigenvalue weighted by atomic mass is 10.1. The van der Waals surface area contributed by atoms with E-state index < -0.39 is 20.0 Å². The van der Waals surface area contributed by atoms with Crippen LogP contribution in [0.2, 0.25) is 18.1 Å². The lowest BCUT2D eigenvalue weighted by molar-refractivity contribution is 0.0129. The van der Waals surface area contributed by atoms with Crippen LogP contribution in [0.1, 0.15) is 53.2 Å². The van der Waals surface area contributed by atoms with E-state index in [2.05, 4.69) is 38.8 Å². The van der Waals surface area contributed by atoms with Gasteiger partial charge < -0.3 is 24.5 Å². The van der Waals surface area contributed by atoms with E-state index in [0.29, 0.717) is 31.1 Å². The summed E-state index contributed by atoms with van der Waals surface area (Å²) >= 11 is 0. The molecule has 0 fully saturated rings. The van der Waals surface area contributed by atoms with Crippen LogP contribution in [-0.4, -0.2) is 49.6 Å². The van der Waals surface area contributed by atoms with E-state index in [1.54, 1.807) is 29.4 Å². The molecule has 0 saturated heterocycles. The molecule has 0 radical (unpaired) electrons. The van der Waals surface area contributed by atoms with Crippen LogP contribution in [0.5, 0.6) is 5.75 Å². The monoisotopic (exact) mass is 487 g/mol. The lowest BCUT2D eigenvalue weighted by Crippen LogP contribution is -2.46. The van der Waals surface area contributed by atoms with Gasteiger partial charge in [-0.15, -0.1) is 0 Å². The van der Waals surface area contributed by atoms with Crippen molar-refractivity contribution >= 4 is 20.1 Å². The maximum atomic E-state index is 13.1. The molecule has 0 aliphatic heterocycles. The fourth-order valence-electron chi connectivity index (χ4n) is 2.93. The van der Waals surface area contributed by atoms with Crippen molar-refractivity contribution in [3.63, 3.8) is 0 Å². The molecule has 0 spiro atoms. The van der Waals surface area contributed by atoms with Gasteiger partial charge in [0.05, 0.1) is 19.2 Å². The Morgan fingerprint density at radius 2 is 1.74 bits per heavy atom. The molecule has 0 saturated carbocycles. The highest BCUT2D eigenvalue weighted by molar-refractivity contribution is 6.74. The number of carbonyl (C=O) groups excluding carboxylic acids is 1. The molecule has 1 heterocycles. The van der Waals surface area contributed by atoms with Gasteiger partial charge in [-0.3, -0.25) is 4.98 Å². The van der Waals surface area contributed by atoms with Gasteiger partial charge in [-0.25, -0.2) is 4.79 Å². The van der Waals surface area contributed by atoms with E-state index in [1.165, 1.54) is 0 Å². The van der Waals surface area contributed by atoms with Gasteiger partial charge in [0.25, 0.3) is 0 Å². The minimum absolute atomic E-state index is 0.0163. The molecule has 1 unspecified atom stereocenters. The number of nitrogens with two attached hydrogens (primary N) is 1. The molecule has 0 aliphatic carbocycles. The number of amides is 1. The molecule has 7 nitrogen and oxygen atoms in total. The van der Waals surface area contributed by atoms with Crippen molar-refractivity contribution in [1.82, 2.24) is 9.88 Å². The molecule has 1 aromatic carbocycles. The number of nitrogen functional groups attached to an aromatic ring is 1. The average molecular weight is 488 g/mol. The molecule has 0 aliphatic rings. The van der Waals surface area contributed by atoms with Gasteiger partial charge in [0.15, 0.2) is 8.32 Å². The maximum absolute atomic E-state index is 13.1. The molecule has 2 N–H and O–H groups in total. The van der Waals surface area contributed by atoms with Crippen LogP contribution in [0.3, 0.4) is 0 Å². The van der Waals surface area contributed by atoms with Crippen molar-refractivity contribution < 1.29 is 18.7 Å². The first-order chi connectivity index (χ1) is 15.7. The Labute approximate surface area is 205 Å². The summed E-state index contributed by atoms with van der Waals surface area (Å²) in [4.78, 5) is 19.1. The summed E-state index contributed by atoms with van der Waals surface area (Å²) < 4.78 is 18.3. The Morgan fingerprint density at radius 3 is 2.26 bits per heavy atom. The number of aromatic nitrogens is 1. The second kappa shape index (κ2) is 11.2. The van der Waals surface area contributed by atoms with Gasteiger partial charge in [-0.2, -0.15) is 0 Å².